The van der Waals surface area contributed by atoms with E-state index in [0.717, 1.165) is 24.6 Å². The Bertz CT molecular complexity index is 813. The quantitative estimate of drug-likeness (QED) is 0.258. The van der Waals surface area contributed by atoms with Crippen LogP contribution in [0.3, 0.4) is 0 Å². The zero-order valence-electron chi connectivity index (χ0n) is 20.5. The van der Waals surface area contributed by atoms with Gasteiger partial charge in [-0.25, -0.2) is 4.79 Å². The summed E-state index contributed by atoms with van der Waals surface area (Å²) in [7, 11) is 2.84. The molecule has 3 rings (SSSR count). The number of epoxide rings is 2. The van der Waals surface area contributed by atoms with E-state index < -0.39 is 41.8 Å². The monoisotopic (exact) mass is 500 g/mol. The molecule has 0 aromatic carbocycles. The Hall–Kier alpha value is -1.66. The fraction of sp³-hybridized carbons (Fsp3) is 0.783. The van der Waals surface area contributed by atoms with Crippen LogP contribution in [0.25, 0.3) is 0 Å². The summed E-state index contributed by atoms with van der Waals surface area (Å²) in [5.74, 6) is -1.04. The molecule has 2 heterocycles. The lowest BCUT2D eigenvalue weighted by molar-refractivity contribution is -0.141. The van der Waals surface area contributed by atoms with Crippen LogP contribution in [0.5, 0.6) is 0 Å². The van der Waals surface area contributed by atoms with E-state index in [4.69, 9.17) is 24.7 Å². The Kier molecular flexibility index (Phi) is 8.67. The van der Waals surface area contributed by atoms with Crippen molar-refractivity contribution in [3.63, 3.8) is 0 Å². The number of hydrogen-bond donors (Lipinski definition) is 2. The first-order valence-corrected chi connectivity index (χ1v) is 12.6. The molecule has 34 heavy (non-hydrogen) atoms. The number of nitrogens with two attached hydrogens (primary N) is 1. The van der Waals surface area contributed by atoms with E-state index in [9.17, 15) is 14.4 Å². The van der Waals surface area contributed by atoms with Crippen molar-refractivity contribution < 1.29 is 38.1 Å². The molecule has 1 saturated carbocycles. The normalized spacial score (nSPS) is 34.6. The first-order chi connectivity index (χ1) is 16.1. The van der Waals surface area contributed by atoms with E-state index in [1.807, 2.05) is 0 Å². The number of allylic oxidation sites excluding steroid dienone is 1. The van der Waals surface area contributed by atoms with E-state index in [-0.39, 0.29) is 29.1 Å². The molecule has 0 aromatic rings. The Morgan fingerprint density at radius 1 is 1.29 bits per heavy atom. The summed E-state index contributed by atoms with van der Waals surface area (Å²) in [6.45, 7) is 6.81. The van der Waals surface area contributed by atoms with Crippen molar-refractivity contribution in [1.29, 1.82) is 0 Å². The van der Waals surface area contributed by atoms with Crippen molar-refractivity contribution in [2.24, 2.45) is 11.7 Å². The summed E-state index contributed by atoms with van der Waals surface area (Å²) < 4.78 is 28.1. The largest absolute Gasteiger partial charge is 0.468 e. The van der Waals surface area contributed by atoms with Crippen molar-refractivity contribution in [3.8, 4) is 0 Å². The summed E-state index contributed by atoms with van der Waals surface area (Å²) in [5.41, 5.74) is 6.11. The minimum absolute atomic E-state index is 0.0459. The minimum atomic E-state index is -0.833. The molecule has 1 spiro atoms. The molecule has 0 bridgehead atoms. The molecular formula is C23H36N2O8S. The van der Waals surface area contributed by atoms with Gasteiger partial charge in [-0.05, 0) is 40.0 Å². The molecule has 2 amide bonds. The van der Waals surface area contributed by atoms with Gasteiger partial charge in [0.1, 0.15) is 29.5 Å². The van der Waals surface area contributed by atoms with Crippen LogP contribution in [0.15, 0.2) is 11.6 Å². The van der Waals surface area contributed by atoms with Gasteiger partial charge >= 0.3 is 12.1 Å². The lowest BCUT2D eigenvalue weighted by Crippen LogP contribution is -2.56. The molecule has 2 saturated heterocycles. The van der Waals surface area contributed by atoms with Gasteiger partial charge in [0.25, 0.3) is 0 Å². The van der Waals surface area contributed by atoms with Gasteiger partial charge in [-0.3, -0.25) is 14.9 Å². The third-order valence-electron chi connectivity index (χ3n) is 6.77. The van der Waals surface area contributed by atoms with Gasteiger partial charge in [0.2, 0.25) is 5.91 Å². The maximum atomic E-state index is 12.4. The molecular weight excluding hydrogens is 464 g/mol. The number of thioether (sulfide) groups is 1. The SMILES string of the molecule is COC(=O)[C@@H](N)CSCC(=O)NC(=O)O[C@@H]1CC[C@]2(CO2)[C@@H]([C@]2(C)O[C@@H]2CC=C(C)C)[C@@H]1OC. The van der Waals surface area contributed by atoms with Crippen LogP contribution < -0.4 is 11.1 Å². The fourth-order valence-corrected chi connectivity index (χ4v) is 5.65. The van der Waals surface area contributed by atoms with Gasteiger partial charge in [-0.15, -0.1) is 11.8 Å². The second-order valence-electron chi connectivity index (χ2n) is 9.51. The molecule has 0 unspecified atom stereocenters. The molecule has 2 aliphatic heterocycles. The Morgan fingerprint density at radius 3 is 2.59 bits per heavy atom. The van der Waals surface area contributed by atoms with Gasteiger partial charge in [0.05, 0.1) is 31.5 Å². The average Bonchev–Trinajstić information content (AvgIpc) is 3.69. The van der Waals surface area contributed by atoms with Crippen LogP contribution in [0.4, 0.5) is 4.79 Å². The second kappa shape index (κ2) is 10.9. The summed E-state index contributed by atoms with van der Waals surface area (Å²) in [4.78, 5) is 35.9. The summed E-state index contributed by atoms with van der Waals surface area (Å²) >= 11 is 1.12. The maximum Gasteiger partial charge on any atom is 0.414 e. The smallest absolute Gasteiger partial charge is 0.414 e. The van der Waals surface area contributed by atoms with Crippen LogP contribution in [0.2, 0.25) is 0 Å². The van der Waals surface area contributed by atoms with Crippen LogP contribution in [-0.2, 0) is 33.3 Å². The number of alkyl carbamates (subject to hydrolysis) is 1. The van der Waals surface area contributed by atoms with Crippen molar-refractivity contribution in [2.75, 3.05) is 32.3 Å². The number of nitrogens with one attached hydrogen (secondary N) is 1. The van der Waals surface area contributed by atoms with Crippen molar-refractivity contribution >= 4 is 29.7 Å². The predicted molar refractivity (Wildman–Crippen MR) is 125 cm³/mol. The molecule has 192 valence electrons. The van der Waals surface area contributed by atoms with E-state index in [0.29, 0.717) is 13.0 Å². The molecule has 7 atom stereocenters. The number of carbonyl (C=O) groups excluding carboxylic acids is 3. The Labute approximate surface area is 204 Å². The topological polar surface area (TPSA) is 142 Å². The molecule has 3 aliphatic rings. The van der Waals surface area contributed by atoms with Crippen LogP contribution in [0, 0.1) is 5.92 Å². The number of amides is 2. The molecule has 0 radical (unpaired) electrons. The maximum absolute atomic E-state index is 12.4. The highest BCUT2D eigenvalue weighted by molar-refractivity contribution is 8.00. The number of imide groups is 1. The van der Waals surface area contributed by atoms with Crippen LogP contribution in [0.1, 0.15) is 40.0 Å². The number of esters is 1. The highest BCUT2D eigenvalue weighted by atomic mass is 32.2. The summed E-state index contributed by atoms with van der Waals surface area (Å²) in [5, 5.41) is 2.23. The van der Waals surface area contributed by atoms with Crippen molar-refractivity contribution in [3.05, 3.63) is 11.6 Å². The molecule has 0 aromatic heterocycles. The Balaban J connectivity index is 1.54. The van der Waals surface area contributed by atoms with Gasteiger partial charge in [0, 0.05) is 12.9 Å². The number of ether oxygens (including phenoxy) is 5. The van der Waals surface area contributed by atoms with Gasteiger partial charge in [-0.1, -0.05) is 11.6 Å². The van der Waals surface area contributed by atoms with Gasteiger partial charge in [-0.2, -0.15) is 0 Å². The van der Waals surface area contributed by atoms with Crippen LogP contribution >= 0.6 is 11.8 Å². The van der Waals surface area contributed by atoms with Gasteiger partial charge < -0.3 is 29.4 Å². The number of methoxy groups -OCH3 is 2. The molecule has 3 N–H and O–H groups in total. The zero-order chi connectivity index (χ0) is 25.1. The predicted octanol–water partition coefficient (Wildman–Crippen LogP) is 1.55. The van der Waals surface area contributed by atoms with Crippen molar-refractivity contribution in [1.82, 2.24) is 5.32 Å². The first-order valence-electron chi connectivity index (χ1n) is 11.5. The van der Waals surface area contributed by atoms with E-state index in [2.05, 4.69) is 36.9 Å². The lowest BCUT2D eigenvalue weighted by atomic mass is 9.68. The number of rotatable bonds is 10. The third kappa shape index (κ3) is 6.12. The average molecular weight is 501 g/mol. The van der Waals surface area contributed by atoms with Gasteiger partial charge in [0.15, 0.2) is 0 Å². The highest BCUT2D eigenvalue weighted by Gasteiger charge is 2.72. The van der Waals surface area contributed by atoms with E-state index >= 15 is 0 Å². The fourth-order valence-electron chi connectivity index (χ4n) is 4.89. The van der Waals surface area contributed by atoms with Crippen molar-refractivity contribution in [2.45, 2.75) is 75.6 Å². The summed E-state index contributed by atoms with van der Waals surface area (Å²) in [6, 6.07) is -0.833. The third-order valence-corrected chi connectivity index (χ3v) is 7.83. The standard InChI is InChI=1S/C23H36N2O8S/c1-13(2)6-7-16-22(3,33-16)19-18(29-4)15(8-9-23(19)12-31-23)32-21(28)25-17(26)11-34-10-14(24)20(27)30-5/h6,14-16,18-19H,7-12,24H2,1-5H3,(H,25,26,28)/t14-,15+,16+,18+,19+,22+,23-/m0/s1. The molecule has 10 nitrogen and oxygen atoms in total. The zero-order valence-corrected chi connectivity index (χ0v) is 21.3. The molecule has 11 heteroatoms. The molecule has 1 aliphatic carbocycles. The van der Waals surface area contributed by atoms with E-state index in [1.165, 1.54) is 12.7 Å². The first kappa shape index (κ1) is 26.9. The van der Waals surface area contributed by atoms with Crippen LogP contribution in [-0.4, -0.2) is 85.9 Å². The Morgan fingerprint density at radius 2 is 2.00 bits per heavy atom. The summed E-state index contributed by atoms with van der Waals surface area (Å²) in [6.07, 6.45) is 2.50. The minimum Gasteiger partial charge on any atom is -0.468 e. The number of carbonyl (C=O) groups is 3. The van der Waals surface area contributed by atoms with E-state index in [1.54, 1.807) is 7.11 Å². The highest BCUT2D eigenvalue weighted by Crippen LogP contribution is 2.59. The second-order valence-corrected chi connectivity index (χ2v) is 10.5. The lowest BCUT2D eigenvalue weighted by Gasteiger charge is -2.42. The number of hydrogen-bond acceptors (Lipinski definition) is 10. The molecule has 3 fully saturated rings.